The molecule has 1 N–H and O–H groups in total. The van der Waals surface area contributed by atoms with Gasteiger partial charge in [-0.25, -0.2) is 4.79 Å². The third-order valence-corrected chi connectivity index (χ3v) is 3.17. The maximum atomic E-state index is 12.3. The predicted octanol–water partition coefficient (Wildman–Crippen LogP) is 4.04. The first-order valence-electron chi connectivity index (χ1n) is 6.96. The molecule has 2 rings (SSSR count). The van der Waals surface area contributed by atoms with Gasteiger partial charge in [0.05, 0.1) is 12.2 Å². The highest BCUT2D eigenvalue weighted by Crippen LogP contribution is 2.26. The maximum absolute atomic E-state index is 12.3. The van der Waals surface area contributed by atoms with Crippen LogP contribution in [0.25, 0.3) is 0 Å². The van der Waals surface area contributed by atoms with Gasteiger partial charge in [0, 0.05) is 11.1 Å². The number of nitrogens with zero attached hydrogens (tertiary/aromatic N) is 3. The van der Waals surface area contributed by atoms with Crippen LogP contribution < -0.4 is 5.32 Å². The molecule has 0 saturated heterocycles. The van der Waals surface area contributed by atoms with Gasteiger partial charge in [0.25, 0.3) is 0 Å². The van der Waals surface area contributed by atoms with Crippen molar-refractivity contribution in [1.82, 2.24) is 10.3 Å². The number of hydrogen-bond acceptors (Lipinski definition) is 3. The molecule has 108 valence electrons. The van der Waals surface area contributed by atoms with E-state index < -0.39 is 0 Å². The van der Waals surface area contributed by atoms with E-state index in [0.717, 1.165) is 17.7 Å². The molecule has 0 saturated carbocycles. The van der Waals surface area contributed by atoms with Crippen LogP contribution in [0.4, 0.5) is 10.5 Å². The van der Waals surface area contributed by atoms with E-state index in [1.165, 1.54) is 5.01 Å². The Balaban J connectivity index is 2.02. The molecule has 1 aromatic carbocycles. The van der Waals surface area contributed by atoms with Crippen molar-refractivity contribution in [2.45, 2.75) is 46.2 Å². The van der Waals surface area contributed by atoms with Crippen molar-refractivity contribution in [2.24, 2.45) is 16.3 Å². The fourth-order valence-corrected chi connectivity index (χ4v) is 2.58. The average molecular weight is 274 g/mol. The Bertz CT molecular complexity index is 522. The molecule has 2 amide bonds. The summed E-state index contributed by atoms with van der Waals surface area (Å²) >= 11 is 0. The van der Waals surface area contributed by atoms with Gasteiger partial charge in [0.15, 0.2) is 0 Å². The van der Waals surface area contributed by atoms with E-state index in [2.05, 4.69) is 29.5 Å². The Kier molecular flexibility index (Phi) is 4.06. The van der Waals surface area contributed by atoms with Gasteiger partial charge in [-0.15, -0.1) is 5.11 Å². The summed E-state index contributed by atoms with van der Waals surface area (Å²) in [6, 6.07) is 7.52. The first-order valence-corrected chi connectivity index (χ1v) is 6.96. The topological polar surface area (TPSA) is 57.1 Å². The summed E-state index contributed by atoms with van der Waals surface area (Å²) in [5, 5.41) is 12.5. The fourth-order valence-electron chi connectivity index (χ4n) is 2.58. The van der Waals surface area contributed by atoms with E-state index in [9.17, 15) is 4.79 Å². The van der Waals surface area contributed by atoms with Gasteiger partial charge in [-0.05, 0) is 32.3 Å². The van der Waals surface area contributed by atoms with Crippen LogP contribution in [0, 0.1) is 5.92 Å². The number of nitrogens with one attached hydrogen (secondary N) is 1. The number of benzene rings is 1. The SMILES string of the molecule is CC(C)CC(C)(C)NC(=O)N1Cc2ccccc2N=N1. The first kappa shape index (κ1) is 14.5. The van der Waals surface area contributed by atoms with Crippen molar-refractivity contribution >= 4 is 11.7 Å². The summed E-state index contributed by atoms with van der Waals surface area (Å²) in [6.45, 7) is 8.80. The van der Waals surface area contributed by atoms with Crippen molar-refractivity contribution in [3.63, 3.8) is 0 Å². The van der Waals surface area contributed by atoms with Crippen LogP contribution in [0.5, 0.6) is 0 Å². The molecule has 0 bridgehead atoms. The highest BCUT2D eigenvalue weighted by molar-refractivity contribution is 5.75. The normalized spacial score (nSPS) is 14.3. The van der Waals surface area contributed by atoms with Gasteiger partial charge < -0.3 is 5.32 Å². The smallest absolute Gasteiger partial charge is 0.332 e. The highest BCUT2D eigenvalue weighted by Gasteiger charge is 2.26. The van der Waals surface area contributed by atoms with E-state index >= 15 is 0 Å². The van der Waals surface area contributed by atoms with Crippen molar-refractivity contribution in [3.05, 3.63) is 29.8 Å². The monoisotopic (exact) mass is 274 g/mol. The van der Waals surface area contributed by atoms with Gasteiger partial charge in [-0.1, -0.05) is 37.3 Å². The van der Waals surface area contributed by atoms with Gasteiger partial charge in [0.1, 0.15) is 0 Å². The van der Waals surface area contributed by atoms with Crippen LogP contribution >= 0.6 is 0 Å². The number of fused-ring (bicyclic) bond motifs is 1. The molecule has 5 nitrogen and oxygen atoms in total. The number of urea groups is 1. The van der Waals surface area contributed by atoms with E-state index in [1.807, 2.05) is 38.1 Å². The minimum atomic E-state index is -0.252. The molecule has 0 aromatic heterocycles. The Morgan fingerprint density at radius 2 is 2.10 bits per heavy atom. The lowest BCUT2D eigenvalue weighted by Crippen LogP contribution is -2.49. The Morgan fingerprint density at radius 1 is 1.40 bits per heavy atom. The van der Waals surface area contributed by atoms with Crippen LogP contribution in [0.1, 0.15) is 39.7 Å². The van der Waals surface area contributed by atoms with Crippen molar-refractivity contribution < 1.29 is 4.79 Å². The summed E-state index contributed by atoms with van der Waals surface area (Å²) in [5.41, 5.74) is 1.59. The van der Waals surface area contributed by atoms with Crippen LogP contribution in [0.15, 0.2) is 34.6 Å². The van der Waals surface area contributed by atoms with Crippen LogP contribution in [0.2, 0.25) is 0 Å². The number of carbonyl (C=O) groups is 1. The molecule has 0 unspecified atom stereocenters. The first-order chi connectivity index (χ1) is 9.37. The Hall–Kier alpha value is -1.91. The fraction of sp³-hybridized carbons (Fsp3) is 0.533. The van der Waals surface area contributed by atoms with Crippen molar-refractivity contribution in [2.75, 3.05) is 0 Å². The van der Waals surface area contributed by atoms with E-state index in [0.29, 0.717) is 12.5 Å². The molecule has 1 aromatic rings. The van der Waals surface area contributed by atoms with Crippen LogP contribution in [-0.2, 0) is 6.54 Å². The molecule has 1 heterocycles. The Labute approximate surface area is 120 Å². The van der Waals surface area contributed by atoms with E-state index in [-0.39, 0.29) is 11.6 Å². The second-order valence-electron chi connectivity index (χ2n) is 6.29. The molecule has 20 heavy (non-hydrogen) atoms. The molecule has 0 fully saturated rings. The van der Waals surface area contributed by atoms with Crippen LogP contribution in [-0.4, -0.2) is 16.6 Å². The quantitative estimate of drug-likeness (QED) is 0.888. The molecular weight excluding hydrogens is 252 g/mol. The van der Waals surface area contributed by atoms with Crippen molar-refractivity contribution in [1.29, 1.82) is 0 Å². The van der Waals surface area contributed by atoms with E-state index in [1.54, 1.807) is 0 Å². The van der Waals surface area contributed by atoms with Crippen LogP contribution in [0.3, 0.4) is 0 Å². The minimum Gasteiger partial charge on any atom is -0.332 e. The summed E-state index contributed by atoms with van der Waals surface area (Å²) in [5.74, 6) is 0.522. The molecule has 1 aliphatic rings. The summed E-state index contributed by atoms with van der Waals surface area (Å²) in [6.07, 6.45) is 0.917. The average Bonchev–Trinajstić information content (AvgIpc) is 2.36. The lowest BCUT2D eigenvalue weighted by Gasteiger charge is -2.30. The third-order valence-electron chi connectivity index (χ3n) is 3.17. The third kappa shape index (κ3) is 3.56. The Morgan fingerprint density at radius 3 is 2.80 bits per heavy atom. The molecular formula is C15H22N4O. The number of amides is 2. The molecule has 1 aliphatic heterocycles. The molecule has 5 heteroatoms. The minimum absolute atomic E-state index is 0.200. The second kappa shape index (κ2) is 5.61. The molecule has 0 spiro atoms. The number of hydrogen-bond donors (Lipinski definition) is 1. The molecule has 0 atom stereocenters. The van der Waals surface area contributed by atoms with Gasteiger partial charge in [-0.3, -0.25) is 0 Å². The summed E-state index contributed by atoms with van der Waals surface area (Å²) in [4.78, 5) is 12.3. The number of rotatable bonds is 3. The predicted molar refractivity (Wildman–Crippen MR) is 78.6 cm³/mol. The zero-order valence-electron chi connectivity index (χ0n) is 12.6. The second-order valence-corrected chi connectivity index (χ2v) is 6.29. The highest BCUT2D eigenvalue weighted by atomic mass is 16.2. The van der Waals surface area contributed by atoms with Crippen molar-refractivity contribution in [3.8, 4) is 0 Å². The standard InChI is InChI=1S/C15H22N4O/c1-11(2)9-15(3,4)16-14(20)19-10-12-7-5-6-8-13(12)17-18-19/h5-8,11H,9-10H2,1-4H3,(H,16,20). The van der Waals surface area contributed by atoms with Gasteiger partial charge >= 0.3 is 6.03 Å². The molecule has 0 radical (unpaired) electrons. The number of carbonyl (C=O) groups excluding carboxylic acids is 1. The zero-order valence-corrected chi connectivity index (χ0v) is 12.6. The largest absolute Gasteiger partial charge is 0.339 e. The zero-order chi connectivity index (χ0) is 14.8. The summed E-state index contributed by atoms with van der Waals surface area (Å²) in [7, 11) is 0. The molecule has 0 aliphatic carbocycles. The lowest BCUT2D eigenvalue weighted by atomic mass is 9.93. The summed E-state index contributed by atoms with van der Waals surface area (Å²) < 4.78 is 0. The maximum Gasteiger partial charge on any atom is 0.339 e. The van der Waals surface area contributed by atoms with Gasteiger partial charge in [-0.2, -0.15) is 5.01 Å². The van der Waals surface area contributed by atoms with Gasteiger partial charge in [0.2, 0.25) is 0 Å². The van der Waals surface area contributed by atoms with E-state index in [4.69, 9.17) is 0 Å². The lowest BCUT2D eigenvalue weighted by molar-refractivity contribution is 0.176.